The third-order valence-corrected chi connectivity index (χ3v) is 5.36. The van der Waals surface area contributed by atoms with E-state index in [1.54, 1.807) is 11.3 Å². The lowest BCUT2D eigenvalue weighted by Crippen LogP contribution is -2.09. The van der Waals surface area contributed by atoms with Gasteiger partial charge in [-0.15, -0.1) is 11.3 Å². The minimum absolute atomic E-state index is 0.175. The zero-order valence-corrected chi connectivity index (χ0v) is 14.3. The number of unbranched alkanes of at least 4 members (excludes halogenated alkanes) is 1. The Labute approximate surface area is 135 Å². The van der Waals surface area contributed by atoms with E-state index in [0.29, 0.717) is 6.61 Å². The summed E-state index contributed by atoms with van der Waals surface area (Å²) in [4.78, 5) is 14.4. The lowest BCUT2D eigenvalue weighted by atomic mass is 9.90. The molecule has 0 amide bonds. The van der Waals surface area contributed by atoms with Crippen LogP contribution in [-0.4, -0.2) is 22.4 Å². The zero-order chi connectivity index (χ0) is 15.7. The molecule has 118 valence electrons. The Hall–Kier alpha value is -1.62. The number of fused-ring (bicyclic) bond motifs is 3. The van der Waals surface area contributed by atoms with Crippen LogP contribution in [0, 0.1) is 0 Å². The van der Waals surface area contributed by atoms with E-state index in [2.05, 4.69) is 18.2 Å². The Morgan fingerprint density at radius 2 is 2.23 bits per heavy atom. The Kier molecular flexibility index (Phi) is 4.34. The quantitative estimate of drug-likeness (QED) is 0.788. The molecule has 0 radical (unpaired) electrons. The van der Waals surface area contributed by atoms with Crippen molar-refractivity contribution in [3.63, 3.8) is 0 Å². The Morgan fingerprint density at radius 1 is 1.41 bits per heavy atom. The molecule has 0 aliphatic heterocycles. The lowest BCUT2D eigenvalue weighted by molar-refractivity contribution is 0.0531. The summed E-state index contributed by atoms with van der Waals surface area (Å²) in [7, 11) is 1.96. The molecule has 0 atom stereocenters. The summed E-state index contributed by atoms with van der Waals surface area (Å²) >= 11 is 1.61. The fraction of sp³-hybridized carbons (Fsp3) is 0.529. The number of thiophene rings is 1. The SMILES string of the molecule is CCCCc1sc(C(=O)OCC)c2c1-c1nn(C)cc1CC2. The van der Waals surface area contributed by atoms with Crippen molar-refractivity contribution >= 4 is 17.3 Å². The van der Waals surface area contributed by atoms with Crippen LogP contribution < -0.4 is 0 Å². The molecule has 0 fully saturated rings. The molecule has 1 aliphatic rings. The van der Waals surface area contributed by atoms with Crippen LogP contribution in [-0.2, 0) is 31.0 Å². The summed E-state index contributed by atoms with van der Waals surface area (Å²) in [6.07, 6.45) is 7.26. The number of nitrogens with zero attached hydrogens (tertiary/aromatic N) is 2. The van der Waals surface area contributed by atoms with E-state index >= 15 is 0 Å². The van der Waals surface area contributed by atoms with Crippen molar-refractivity contribution in [3.8, 4) is 11.3 Å². The van der Waals surface area contributed by atoms with E-state index in [9.17, 15) is 4.79 Å². The predicted octanol–water partition coefficient (Wildman–Crippen LogP) is 3.77. The maximum Gasteiger partial charge on any atom is 0.348 e. The minimum Gasteiger partial charge on any atom is -0.462 e. The maximum absolute atomic E-state index is 12.3. The van der Waals surface area contributed by atoms with E-state index < -0.39 is 0 Å². The van der Waals surface area contributed by atoms with Crippen LogP contribution in [0.25, 0.3) is 11.3 Å². The van der Waals surface area contributed by atoms with Gasteiger partial charge in [-0.2, -0.15) is 5.10 Å². The molecule has 0 spiro atoms. The molecular weight excluding hydrogens is 296 g/mol. The molecule has 1 aliphatic carbocycles. The van der Waals surface area contributed by atoms with Crippen molar-refractivity contribution in [3.05, 3.63) is 27.1 Å². The van der Waals surface area contributed by atoms with Gasteiger partial charge < -0.3 is 4.74 Å². The van der Waals surface area contributed by atoms with E-state index in [-0.39, 0.29) is 5.97 Å². The highest BCUT2D eigenvalue weighted by Gasteiger charge is 2.30. The van der Waals surface area contributed by atoms with E-state index in [4.69, 9.17) is 4.74 Å². The molecule has 4 nitrogen and oxygen atoms in total. The predicted molar refractivity (Wildman–Crippen MR) is 88.5 cm³/mol. The second kappa shape index (κ2) is 6.24. The standard InChI is InChI=1S/C17H22N2O2S/c1-4-6-7-13-14-12(16(22-13)17(20)21-5-2)9-8-11-10-19(3)18-15(11)14/h10H,4-9H2,1-3H3. The van der Waals surface area contributed by atoms with Crippen LogP contribution in [0.5, 0.6) is 0 Å². The molecule has 0 N–H and O–H groups in total. The van der Waals surface area contributed by atoms with Gasteiger partial charge >= 0.3 is 5.97 Å². The van der Waals surface area contributed by atoms with Crippen molar-refractivity contribution in [2.45, 2.75) is 46.0 Å². The highest BCUT2D eigenvalue weighted by molar-refractivity contribution is 7.14. The van der Waals surface area contributed by atoms with Crippen molar-refractivity contribution in [2.24, 2.45) is 7.05 Å². The smallest absolute Gasteiger partial charge is 0.348 e. The first-order chi connectivity index (χ1) is 10.7. The zero-order valence-electron chi connectivity index (χ0n) is 13.4. The summed E-state index contributed by atoms with van der Waals surface area (Å²) in [5.41, 5.74) is 4.73. The van der Waals surface area contributed by atoms with Gasteiger partial charge in [-0.1, -0.05) is 13.3 Å². The molecule has 22 heavy (non-hydrogen) atoms. The molecule has 0 bridgehead atoms. The molecule has 3 rings (SSSR count). The van der Waals surface area contributed by atoms with Gasteiger partial charge in [-0.3, -0.25) is 4.68 Å². The van der Waals surface area contributed by atoms with Crippen molar-refractivity contribution < 1.29 is 9.53 Å². The molecule has 0 aromatic carbocycles. The van der Waals surface area contributed by atoms with Crippen LogP contribution in [0.3, 0.4) is 0 Å². The van der Waals surface area contributed by atoms with Gasteiger partial charge in [0.2, 0.25) is 0 Å². The first kappa shape index (κ1) is 15.3. The fourth-order valence-electron chi connectivity index (χ4n) is 3.10. The maximum atomic E-state index is 12.3. The monoisotopic (exact) mass is 318 g/mol. The third kappa shape index (κ3) is 2.58. The van der Waals surface area contributed by atoms with Crippen molar-refractivity contribution in [1.29, 1.82) is 0 Å². The Balaban J connectivity index is 2.10. The molecule has 2 aromatic rings. The van der Waals surface area contributed by atoms with E-state index in [0.717, 1.165) is 48.2 Å². The second-order valence-corrected chi connectivity index (χ2v) is 6.81. The van der Waals surface area contributed by atoms with Crippen LogP contribution >= 0.6 is 11.3 Å². The van der Waals surface area contributed by atoms with Gasteiger partial charge in [0.1, 0.15) is 4.88 Å². The van der Waals surface area contributed by atoms with Gasteiger partial charge in [-0.25, -0.2) is 4.79 Å². The fourth-order valence-corrected chi connectivity index (χ4v) is 4.38. The van der Waals surface area contributed by atoms with Gasteiger partial charge in [-0.05, 0) is 43.7 Å². The van der Waals surface area contributed by atoms with E-state index in [1.807, 2.05) is 18.7 Å². The number of esters is 1. The van der Waals surface area contributed by atoms with Crippen LogP contribution in [0.1, 0.15) is 52.4 Å². The molecule has 5 heteroatoms. The summed E-state index contributed by atoms with van der Waals surface area (Å²) in [5.74, 6) is -0.175. The van der Waals surface area contributed by atoms with Gasteiger partial charge in [0.25, 0.3) is 0 Å². The van der Waals surface area contributed by atoms with Crippen LogP contribution in [0.2, 0.25) is 0 Å². The van der Waals surface area contributed by atoms with Crippen molar-refractivity contribution in [1.82, 2.24) is 9.78 Å². The molecule has 0 saturated heterocycles. The number of hydrogen-bond acceptors (Lipinski definition) is 4. The lowest BCUT2D eigenvalue weighted by Gasteiger charge is -2.13. The second-order valence-electron chi connectivity index (χ2n) is 5.71. The molecular formula is C17H22N2O2S. The molecule has 0 saturated carbocycles. The number of aromatic nitrogens is 2. The molecule has 0 unspecified atom stereocenters. The number of aryl methyl sites for hydroxylation is 3. The Bertz CT molecular complexity index is 700. The molecule has 2 heterocycles. The molecule has 2 aromatic heterocycles. The summed E-state index contributed by atoms with van der Waals surface area (Å²) in [5, 5.41) is 4.65. The summed E-state index contributed by atoms with van der Waals surface area (Å²) in [6.45, 7) is 4.47. The number of carbonyl (C=O) groups excluding carboxylic acids is 1. The Morgan fingerprint density at radius 3 is 2.95 bits per heavy atom. The topological polar surface area (TPSA) is 44.1 Å². The van der Waals surface area contributed by atoms with Gasteiger partial charge in [0, 0.05) is 23.7 Å². The van der Waals surface area contributed by atoms with E-state index in [1.165, 1.54) is 16.0 Å². The normalized spacial score (nSPS) is 12.9. The average Bonchev–Trinajstić information content (AvgIpc) is 3.04. The first-order valence-corrected chi connectivity index (χ1v) is 8.81. The summed E-state index contributed by atoms with van der Waals surface area (Å²) in [6, 6.07) is 0. The average molecular weight is 318 g/mol. The summed E-state index contributed by atoms with van der Waals surface area (Å²) < 4.78 is 7.13. The van der Waals surface area contributed by atoms with Crippen LogP contribution in [0.4, 0.5) is 0 Å². The number of hydrogen-bond donors (Lipinski definition) is 0. The van der Waals surface area contributed by atoms with Gasteiger partial charge in [0.05, 0.1) is 12.3 Å². The number of ether oxygens (including phenoxy) is 1. The van der Waals surface area contributed by atoms with Crippen LogP contribution in [0.15, 0.2) is 6.20 Å². The third-order valence-electron chi connectivity index (χ3n) is 4.08. The highest BCUT2D eigenvalue weighted by atomic mass is 32.1. The first-order valence-electron chi connectivity index (χ1n) is 8.00. The highest BCUT2D eigenvalue weighted by Crippen LogP contribution is 2.42. The number of rotatable bonds is 5. The van der Waals surface area contributed by atoms with Gasteiger partial charge in [0.15, 0.2) is 0 Å². The number of carbonyl (C=O) groups is 1. The minimum atomic E-state index is -0.175. The largest absolute Gasteiger partial charge is 0.462 e. The van der Waals surface area contributed by atoms with Crippen molar-refractivity contribution in [2.75, 3.05) is 6.61 Å².